The second-order valence-electron chi connectivity index (χ2n) is 7.11. The van der Waals surface area contributed by atoms with E-state index < -0.39 is 29.9 Å². The van der Waals surface area contributed by atoms with E-state index in [1.54, 1.807) is 19.2 Å². The number of fused-ring (bicyclic) bond motifs is 1. The first-order chi connectivity index (χ1) is 14.7. The molecule has 31 heavy (non-hydrogen) atoms. The Labute approximate surface area is 173 Å². The van der Waals surface area contributed by atoms with Crippen LogP contribution in [0.2, 0.25) is 0 Å². The van der Waals surface area contributed by atoms with Gasteiger partial charge >= 0.3 is 6.18 Å². The molecule has 2 atom stereocenters. The first-order valence-electron chi connectivity index (χ1n) is 9.38. The van der Waals surface area contributed by atoms with Gasteiger partial charge < -0.3 is 21.7 Å². The molecule has 1 amide bonds. The number of carbonyl (C=O) groups is 1. The maximum atomic E-state index is 13.9. The SMILES string of the molecule is CNc1ccc(-c2cc(C(F)(F)F)c3c(N)ncnn23)cc1C(=O)N[C@@H]1CNC[C@@H]1F. The molecule has 164 valence electrons. The number of anilines is 2. The van der Waals surface area contributed by atoms with E-state index in [2.05, 4.69) is 26.0 Å². The van der Waals surface area contributed by atoms with Crippen LogP contribution in [0.4, 0.5) is 29.1 Å². The summed E-state index contributed by atoms with van der Waals surface area (Å²) >= 11 is 0. The molecular formula is C19H19F4N7O. The van der Waals surface area contributed by atoms with Crippen LogP contribution >= 0.6 is 0 Å². The zero-order chi connectivity index (χ0) is 22.3. The first-order valence-corrected chi connectivity index (χ1v) is 9.38. The van der Waals surface area contributed by atoms with Gasteiger partial charge in [0.15, 0.2) is 5.82 Å². The number of nitrogens with zero attached hydrogens (tertiary/aromatic N) is 3. The summed E-state index contributed by atoms with van der Waals surface area (Å²) in [4.78, 5) is 16.5. The highest BCUT2D eigenvalue weighted by molar-refractivity contribution is 6.01. The lowest BCUT2D eigenvalue weighted by Crippen LogP contribution is -2.41. The number of carbonyl (C=O) groups excluding carboxylic acids is 1. The number of alkyl halides is 4. The maximum absolute atomic E-state index is 13.9. The summed E-state index contributed by atoms with van der Waals surface area (Å²) in [5.41, 5.74) is 5.31. The number of aromatic nitrogens is 3. The average Bonchev–Trinajstić information content (AvgIpc) is 3.32. The molecule has 5 N–H and O–H groups in total. The fourth-order valence-electron chi connectivity index (χ4n) is 3.63. The Hall–Kier alpha value is -3.41. The van der Waals surface area contributed by atoms with Gasteiger partial charge in [-0.25, -0.2) is 13.9 Å². The highest BCUT2D eigenvalue weighted by atomic mass is 19.4. The minimum atomic E-state index is -4.68. The standard InChI is InChI=1S/C19H19F4N7O/c1-25-13-3-2-9(4-10(13)18(31)29-14-7-26-6-12(14)20)15-5-11(19(21,22)23)16-17(24)27-8-28-30(15)16/h2-5,8,12,14,25-26H,6-7H2,1H3,(H,29,31)(H2,24,27,28)/t12-,14+/m0/s1. The second-order valence-corrected chi connectivity index (χ2v) is 7.11. The van der Waals surface area contributed by atoms with Gasteiger partial charge in [0.25, 0.3) is 5.91 Å². The number of halogens is 4. The summed E-state index contributed by atoms with van der Waals surface area (Å²) < 4.78 is 55.7. The van der Waals surface area contributed by atoms with Crippen LogP contribution in [0.1, 0.15) is 15.9 Å². The van der Waals surface area contributed by atoms with Crippen molar-refractivity contribution in [2.45, 2.75) is 18.4 Å². The largest absolute Gasteiger partial charge is 0.418 e. The molecule has 4 rings (SSSR count). The van der Waals surface area contributed by atoms with Gasteiger partial charge in [-0.2, -0.15) is 18.3 Å². The van der Waals surface area contributed by atoms with E-state index in [1.165, 1.54) is 6.07 Å². The van der Waals surface area contributed by atoms with Crippen molar-refractivity contribution in [1.82, 2.24) is 25.2 Å². The van der Waals surface area contributed by atoms with E-state index in [4.69, 9.17) is 5.73 Å². The Morgan fingerprint density at radius 1 is 1.29 bits per heavy atom. The Balaban J connectivity index is 1.81. The predicted octanol–water partition coefficient (Wildman–Crippen LogP) is 2.08. The zero-order valence-electron chi connectivity index (χ0n) is 16.3. The van der Waals surface area contributed by atoms with Crippen LogP contribution in [0.5, 0.6) is 0 Å². The molecule has 3 heterocycles. The fraction of sp³-hybridized carbons (Fsp3) is 0.316. The van der Waals surface area contributed by atoms with Crippen molar-refractivity contribution >= 4 is 22.9 Å². The fourth-order valence-corrected chi connectivity index (χ4v) is 3.63. The van der Waals surface area contributed by atoms with Gasteiger partial charge in [0.2, 0.25) is 0 Å². The molecule has 8 nitrogen and oxygen atoms in total. The molecule has 0 aliphatic carbocycles. The number of nitrogen functional groups attached to an aromatic ring is 1. The zero-order valence-corrected chi connectivity index (χ0v) is 16.3. The summed E-state index contributed by atoms with van der Waals surface area (Å²) in [6, 6.07) is 4.75. The van der Waals surface area contributed by atoms with Crippen molar-refractivity contribution in [1.29, 1.82) is 0 Å². The van der Waals surface area contributed by atoms with E-state index in [-0.39, 0.29) is 35.7 Å². The van der Waals surface area contributed by atoms with Crippen LogP contribution < -0.4 is 21.7 Å². The number of hydrogen-bond acceptors (Lipinski definition) is 6. The predicted molar refractivity (Wildman–Crippen MR) is 106 cm³/mol. The minimum absolute atomic E-state index is 0.0824. The number of benzene rings is 1. The van der Waals surface area contributed by atoms with Crippen LogP contribution in [-0.2, 0) is 6.18 Å². The molecule has 1 aromatic carbocycles. The third-order valence-electron chi connectivity index (χ3n) is 5.17. The Kier molecular flexibility index (Phi) is 5.17. The second kappa shape index (κ2) is 7.69. The van der Waals surface area contributed by atoms with Gasteiger partial charge in [-0.1, -0.05) is 6.07 Å². The number of nitrogens with two attached hydrogens (primary N) is 1. The van der Waals surface area contributed by atoms with Crippen molar-refractivity contribution in [3.63, 3.8) is 0 Å². The molecule has 1 aliphatic rings. The van der Waals surface area contributed by atoms with Gasteiger partial charge in [0.05, 0.1) is 22.9 Å². The molecule has 1 saturated heterocycles. The molecular weight excluding hydrogens is 418 g/mol. The van der Waals surface area contributed by atoms with Gasteiger partial charge in [-0.3, -0.25) is 4.79 Å². The molecule has 0 saturated carbocycles. The molecule has 0 unspecified atom stereocenters. The molecule has 2 aromatic heterocycles. The van der Waals surface area contributed by atoms with Crippen LogP contribution in [0.15, 0.2) is 30.6 Å². The van der Waals surface area contributed by atoms with Crippen LogP contribution in [-0.4, -0.2) is 52.9 Å². The first kappa shape index (κ1) is 20.8. The maximum Gasteiger partial charge on any atom is 0.418 e. The molecule has 3 aromatic rings. The van der Waals surface area contributed by atoms with E-state index in [1.807, 2.05) is 0 Å². The normalized spacial score (nSPS) is 19.0. The highest BCUT2D eigenvalue weighted by Crippen LogP contribution is 2.39. The Morgan fingerprint density at radius 3 is 2.71 bits per heavy atom. The molecule has 0 spiro atoms. The van der Waals surface area contributed by atoms with Crippen LogP contribution in [0.25, 0.3) is 16.8 Å². The van der Waals surface area contributed by atoms with Crippen LogP contribution in [0.3, 0.4) is 0 Å². The van der Waals surface area contributed by atoms with Crippen molar-refractivity contribution in [2.75, 3.05) is 31.2 Å². The third kappa shape index (κ3) is 3.74. The van der Waals surface area contributed by atoms with E-state index >= 15 is 0 Å². The monoisotopic (exact) mass is 437 g/mol. The van der Waals surface area contributed by atoms with E-state index in [0.29, 0.717) is 11.3 Å². The smallest absolute Gasteiger partial charge is 0.387 e. The number of hydrogen-bond donors (Lipinski definition) is 4. The molecule has 0 bridgehead atoms. The molecule has 1 aliphatic heterocycles. The summed E-state index contributed by atoms with van der Waals surface area (Å²) in [6.07, 6.45) is -4.86. The number of rotatable bonds is 4. The van der Waals surface area contributed by atoms with Crippen molar-refractivity contribution in [2.24, 2.45) is 0 Å². The van der Waals surface area contributed by atoms with Gasteiger partial charge in [-0.15, -0.1) is 0 Å². The lowest BCUT2D eigenvalue weighted by molar-refractivity contribution is -0.136. The Morgan fingerprint density at radius 2 is 2.06 bits per heavy atom. The van der Waals surface area contributed by atoms with Crippen molar-refractivity contribution in [3.8, 4) is 11.3 Å². The summed E-state index contributed by atoms with van der Waals surface area (Å²) in [5.74, 6) is -0.866. The lowest BCUT2D eigenvalue weighted by atomic mass is 10.0. The van der Waals surface area contributed by atoms with E-state index in [9.17, 15) is 22.4 Å². The molecule has 12 heteroatoms. The quantitative estimate of drug-likeness (QED) is 0.466. The average molecular weight is 437 g/mol. The van der Waals surface area contributed by atoms with E-state index in [0.717, 1.165) is 16.9 Å². The van der Waals surface area contributed by atoms with Crippen molar-refractivity contribution in [3.05, 3.63) is 41.7 Å². The summed E-state index contributed by atoms with van der Waals surface area (Å²) in [6.45, 7) is 0.428. The van der Waals surface area contributed by atoms with Crippen LogP contribution in [0, 0.1) is 0 Å². The van der Waals surface area contributed by atoms with Gasteiger partial charge in [0, 0.05) is 31.4 Å². The van der Waals surface area contributed by atoms with Gasteiger partial charge in [-0.05, 0) is 18.2 Å². The van der Waals surface area contributed by atoms with Gasteiger partial charge in [0.1, 0.15) is 18.0 Å². The minimum Gasteiger partial charge on any atom is -0.387 e. The summed E-state index contributed by atoms with van der Waals surface area (Å²) in [7, 11) is 1.60. The molecule has 1 fully saturated rings. The topological polar surface area (TPSA) is 109 Å². The third-order valence-corrected chi connectivity index (χ3v) is 5.17. The number of nitrogens with one attached hydrogen (secondary N) is 3. The Bertz CT molecular complexity index is 1140. The highest BCUT2D eigenvalue weighted by Gasteiger charge is 2.36. The molecule has 0 radical (unpaired) electrons. The lowest BCUT2D eigenvalue weighted by Gasteiger charge is -2.16. The number of amides is 1. The summed E-state index contributed by atoms with van der Waals surface area (Å²) in [5, 5.41) is 12.2. The van der Waals surface area contributed by atoms with Crippen molar-refractivity contribution < 1.29 is 22.4 Å².